The van der Waals surface area contributed by atoms with Crippen molar-refractivity contribution in [1.82, 2.24) is 10.3 Å². The molecule has 0 saturated carbocycles. The Morgan fingerprint density at radius 2 is 1.78 bits per heavy atom. The van der Waals surface area contributed by atoms with E-state index in [0.29, 0.717) is 12.0 Å². The van der Waals surface area contributed by atoms with Crippen LogP contribution in [0.25, 0.3) is 10.9 Å². The van der Waals surface area contributed by atoms with E-state index in [0.717, 1.165) is 41.7 Å². The van der Waals surface area contributed by atoms with E-state index in [2.05, 4.69) is 34.6 Å². The maximum absolute atomic E-state index is 13.8. The van der Waals surface area contributed by atoms with Gasteiger partial charge in [-0.25, -0.2) is 9.37 Å². The van der Waals surface area contributed by atoms with Crippen molar-refractivity contribution in [2.75, 3.05) is 7.11 Å². The molecule has 0 radical (unpaired) electrons. The number of pyridine rings is 1. The second-order valence-electron chi connectivity index (χ2n) is 8.74. The second kappa shape index (κ2) is 12.2. The van der Waals surface area contributed by atoms with Crippen LogP contribution in [0, 0.1) is 5.82 Å². The molecular formula is C29H32FN3O3. The summed E-state index contributed by atoms with van der Waals surface area (Å²) in [7, 11) is 1.67. The van der Waals surface area contributed by atoms with E-state index in [1.165, 1.54) is 29.8 Å². The number of aryl methyl sites for hydroxylation is 1. The Bertz CT molecular complexity index is 1330. The average molecular weight is 490 g/mol. The monoisotopic (exact) mass is 489 g/mol. The first kappa shape index (κ1) is 26.8. The van der Waals surface area contributed by atoms with E-state index in [1.807, 2.05) is 26.8 Å². The lowest BCUT2D eigenvalue weighted by atomic mass is 9.99. The molecule has 0 atom stereocenters. The number of methoxy groups -OCH3 is 1. The number of carbonyl (C=O) groups excluding carboxylic acids is 2. The fraction of sp³-hybridized carbons (Fsp3) is 0.276. The van der Waals surface area contributed by atoms with Gasteiger partial charge in [0.2, 0.25) is 0 Å². The summed E-state index contributed by atoms with van der Waals surface area (Å²) in [5, 5.41) is 3.47. The van der Waals surface area contributed by atoms with Gasteiger partial charge in [0.15, 0.2) is 0 Å². The Labute approximate surface area is 211 Å². The first-order chi connectivity index (χ1) is 17.2. The molecule has 2 aromatic carbocycles. The molecule has 0 unspecified atom stereocenters. The summed E-state index contributed by atoms with van der Waals surface area (Å²) >= 11 is 0. The van der Waals surface area contributed by atoms with Crippen LogP contribution < -0.4 is 11.1 Å². The number of halogens is 1. The molecular weight excluding hydrogens is 457 g/mol. The van der Waals surface area contributed by atoms with Gasteiger partial charge in [-0.1, -0.05) is 37.3 Å². The molecule has 6 nitrogen and oxygen atoms in total. The lowest BCUT2D eigenvalue weighted by molar-refractivity contribution is 0.0967. The van der Waals surface area contributed by atoms with Crippen molar-refractivity contribution in [1.29, 1.82) is 0 Å². The van der Waals surface area contributed by atoms with E-state index in [4.69, 9.17) is 10.5 Å². The molecule has 3 aromatic rings. The van der Waals surface area contributed by atoms with Crippen molar-refractivity contribution >= 4 is 22.7 Å². The topological polar surface area (TPSA) is 94.3 Å². The third-order valence-electron chi connectivity index (χ3n) is 5.96. The van der Waals surface area contributed by atoms with Gasteiger partial charge in [-0.05, 0) is 73.6 Å². The van der Waals surface area contributed by atoms with Crippen LogP contribution in [0.2, 0.25) is 0 Å². The van der Waals surface area contributed by atoms with Crippen molar-refractivity contribution in [3.8, 4) is 0 Å². The van der Waals surface area contributed by atoms with Gasteiger partial charge in [-0.15, -0.1) is 0 Å². The zero-order valence-corrected chi connectivity index (χ0v) is 21.2. The van der Waals surface area contributed by atoms with Crippen molar-refractivity contribution in [3.63, 3.8) is 0 Å². The predicted molar refractivity (Wildman–Crippen MR) is 140 cm³/mol. The Kier molecular flexibility index (Phi) is 9.08. The largest absolute Gasteiger partial charge is 0.380 e. The van der Waals surface area contributed by atoms with Crippen LogP contribution in [-0.4, -0.2) is 23.9 Å². The highest BCUT2D eigenvalue weighted by Crippen LogP contribution is 2.23. The van der Waals surface area contributed by atoms with Gasteiger partial charge >= 0.3 is 0 Å². The molecule has 36 heavy (non-hydrogen) atoms. The third kappa shape index (κ3) is 6.64. The number of amides is 2. The van der Waals surface area contributed by atoms with Crippen molar-refractivity contribution in [2.45, 2.75) is 46.6 Å². The minimum absolute atomic E-state index is 0.0988. The average Bonchev–Trinajstić information content (AvgIpc) is 2.85. The Balaban J connectivity index is 1.93. The number of nitrogens with two attached hydrogens (primary N) is 1. The number of fused-ring (bicyclic) bond motifs is 1. The van der Waals surface area contributed by atoms with Crippen molar-refractivity contribution in [3.05, 3.63) is 99.7 Å². The number of ether oxygens (including phenoxy) is 1. The number of rotatable bonds is 10. The molecule has 188 valence electrons. The van der Waals surface area contributed by atoms with Crippen LogP contribution >= 0.6 is 0 Å². The normalized spacial score (nSPS) is 12.4. The quantitative estimate of drug-likeness (QED) is 0.362. The minimum Gasteiger partial charge on any atom is -0.380 e. The van der Waals surface area contributed by atoms with Gasteiger partial charge in [0.1, 0.15) is 11.5 Å². The molecule has 7 heteroatoms. The minimum atomic E-state index is -0.791. The molecule has 1 heterocycles. The summed E-state index contributed by atoms with van der Waals surface area (Å²) < 4.78 is 19.0. The number of hydrogen-bond acceptors (Lipinski definition) is 4. The highest BCUT2D eigenvalue weighted by Gasteiger charge is 2.18. The molecule has 0 aliphatic carbocycles. The number of allylic oxidation sites excluding steroid dienone is 3. The summed E-state index contributed by atoms with van der Waals surface area (Å²) in [5.41, 5.74) is 10.7. The standard InChI is InChI=1S/C29H32FN3O3/c1-5-6-18(2)27(19(3)7-8-20-9-11-21(12-10-20)17-36-4)33-29(35)24-16-26(28(31)34)32-25-15-22(30)13-14-23(24)25/h6,9-16H,5,7-8,17H2,1-4H3,(H2,31,34)(H,33,35)/b18-6-,27-19+. The van der Waals surface area contributed by atoms with Gasteiger partial charge < -0.3 is 15.8 Å². The first-order valence-electron chi connectivity index (χ1n) is 11.9. The molecule has 0 fully saturated rings. The van der Waals surface area contributed by atoms with Crippen molar-refractivity contribution in [2.24, 2.45) is 5.73 Å². The highest BCUT2D eigenvalue weighted by molar-refractivity contribution is 6.09. The van der Waals surface area contributed by atoms with E-state index < -0.39 is 17.6 Å². The lowest BCUT2D eigenvalue weighted by Gasteiger charge is -2.17. The van der Waals surface area contributed by atoms with Crippen molar-refractivity contribution < 1.29 is 18.7 Å². The van der Waals surface area contributed by atoms with Gasteiger partial charge in [0.25, 0.3) is 11.8 Å². The Hall–Kier alpha value is -3.84. The summed E-state index contributed by atoms with van der Waals surface area (Å²) in [6, 6.07) is 13.5. The van der Waals surface area contributed by atoms with Crippen LogP contribution in [0.15, 0.2) is 71.5 Å². The van der Waals surface area contributed by atoms with Crippen LogP contribution in [0.3, 0.4) is 0 Å². The van der Waals surface area contributed by atoms with Gasteiger partial charge in [0, 0.05) is 24.3 Å². The molecule has 0 saturated heterocycles. The fourth-order valence-electron chi connectivity index (χ4n) is 4.07. The molecule has 3 rings (SSSR count). The SMILES string of the molecule is CC/C=C(C)\C(NC(=O)c1cc(C(N)=O)nc2cc(F)ccc12)=C(\C)CCc1ccc(COC)cc1. The van der Waals surface area contributed by atoms with Crippen LogP contribution in [0.1, 0.15) is 65.6 Å². The molecule has 0 aliphatic heterocycles. The molecule has 0 bridgehead atoms. The van der Waals surface area contributed by atoms with Crippen LogP contribution in [0.5, 0.6) is 0 Å². The number of hydrogen-bond donors (Lipinski definition) is 2. The van der Waals surface area contributed by atoms with Gasteiger partial charge in [-0.3, -0.25) is 9.59 Å². The number of benzene rings is 2. The Morgan fingerprint density at radius 1 is 1.08 bits per heavy atom. The van der Waals surface area contributed by atoms with E-state index >= 15 is 0 Å². The van der Waals surface area contributed by atoms with E-state index in [-0.39, 0.29) is 16.8 Å². The van der Waals surface area contributed by atoms with Gasteiger partial charge in [0.05, 0.1) is 17.7 Å². The summed E-state index contributed by atoms with van der Waals surface area (Å²) in [5.74, 6) is -1.73. The molecule has 0 spiro atoms. The molecule has 1 aromatic heterocycles. The Morgan fingerprint density at radius 3 is 2.42 bits per heavy atom. The summed E-state index contributed by atoms with van der Waals surface area (Å²) in [6.07, 6.45) is 4.40. The van der Waals surface area contributed by atoms with E-state index in [9.17, 15) is 14.0 Å². The number of aromatic nitrogens is 1. The predicted octanol–water partition coefficient (Wildman–Crippen LogP) is 5.61. The number of nitrogens with zero attached hydrogens (tertiary/aromatic N) is 1. The summed E-state index contributed by atoms with van der Waals surface area (Å²) in [4.78, 5) is 29.4. The zero-order valence-electron chi connectivity index (χ0n) is 21.2. The van der Waals surface area contributed by atoms with Crippen LogP contribution in [0.4, 0.5) is 4.39 Å². The number of nitrogens with one attached hydrogen (secondary N) is 1. The third-order valence-corrected chi connectivity index (χ3v) is 5.96. The summed E-state index contributed by atoms with van der Waals surface area (Å²) in [6.45, 7) is 6.56. The number of primary amides is 1. The smallest absolute Gasteiger partial charge is 0.267 e. The highest BCUT2D eigenvalue weighted by atomic mass is 19.1. The first-order valence-corrected chi connectivity index (χ1v) is 11.9. The molecule has 0 aliphatic rings. The lowest BCUT2D eigenvalue weighted by Crippen LogP contribution is -2.26. The number of carbonyl (C=O) groups is 2. The molecule has 2 amide bonds. The fourth-order valence-corrected chi connectivity index (χ4v) is 4.07. The zero-order chi connectivity index (χ0) is 26.2. The van der Waals surface area contributed by atoms with Crippen LogP contribution in [-0.2, 0) is 17.8 Å². The maximum atomic E-state index is 13.8. The van der Waals surface area contributed by atoms with Gasteiger partial charge in [-0.2, -0.15) is 0 Å². The van der Waals surface area contributed by atoms with E-state index in [1.54, 1.807) is 7.11 Å². The maximum Gasteiger partial charge on any atom is 0.267 e. The second-order valence-corrected chi connectivity index (χ2v) is 8.74. The molecule has 3 N–H and O–H groups in total.